The first-order chi connectivity index (χ1) is 11.2. The molecule has 23 heavy (non-hydrogen) atoms. The van der Waals surface area contributed by atoms with Crippen molar-refractivity contribution in [1.29, 1.82) is 0 Å². The summed E-state index contributed by atoms with van der Waals surface area (Å²) in [4.78, 5) is 7.07. The molecule has 1 aromatic heterocycles. The van der Waals surface area contributed by atoms with Gasteiger partial charge in [0.15, 0.2) is 0 Å². The first-order valence-electron chi connectivity index (χ1n) is 8.38. The maximum Gasteiger partial charge on any atom is 0.226 e. The Bertz CT molecular complexity index is 603. The largest absolute Gasteiger partial charge is 0.444 e. The number of likely N-dealkylation sites (tertiary alicyclic amines) is 1. The Morgan fingerprint density at radius 1 is 1.26 bits per heavy atom. The predicted octanol–water partition coefficient (Wildman–Crippen LogP) is 3.82. The van der Waals surface area contributed by atoms with Crippen molar-refractivity contribution in [3.8, 4) is 11.5 Å². The highest BCUT2D eigenvalue weighted by molar-refractivity contribution is 6.30. The Kier molecular flexibility index (Phi) is 5.70. The van der Waals surface area contributed by atoms with Crippen molar-refractivity contribution in [2.24, 2.45) is 5.92 Å². The molecule has 1 saturated heterocycles. The van der Waals surface area contributed by atoms with Gasteiger partial charge in [-0.25, -0.2) is 4.98 Å². The highest BCUT2D eigenvalue weighted by Gasteiger charge is 2.20. The van der Waals surface area contributed by atoms with Gasteiger partial charge in [-0.3, -0.25) is 4.90 Å². The zero-order valence-electron chi connectivity index (χ0n) is 13.6. The Morgan fingerprint density at radius 2 is 2.00 bits per heavy atom. The molecule has 2 heterocycles. The van der Waals surface area contributed by atoms with Gasteiger partial charge in [0.25, 0.3) is 0 Å². The Morgan fingerprint density at radius 3 is 2.70 bits per heavy atom. The highest BCUT2D eigenvalue weighted by atomic mass is 35.5. The fourth-order valence-electron chi connectivity index (χ4n) is 3.03. The second kappa shape index (κ2) is 7.95. The van der Waals surface area contributed by atoms with Crippen LogP contribution >= 0.6 is 11.6 Å². The number of oxazole rings is 1. The molecular formula is C18H24ClN3O. The van der Waals surface area contributed by atoms with Gasteiger partial charge in [0.2, 0.25) is 5.89 Å². The van der Waals surface area contributed by atoms with Crippen molar-refractivity contribution in [3.05, 3.63) is 41.2 Å². The molecule has 0 radical (unpaired) electrons. The highest BCUT2D eigenvalue weighted by Crippen LogP contribution is 2.23. The lowest BCUT2D eigenvalue weighted by Gasteiger charge is -2.31. The van der Waals surface area contributed by atoms with E-state index in [-0.39, 0.29) is 0 Å². The molecule has 0 spiro atoms. The number of halogens is 1. The minimum absolute atomic E-state index is 0.665. The SMILES string of the molecule is CCNCC1CCN(Cc2coc(-c3ccc(Cl)cc3)n2)CC1. The third-order valence-corrected chi connectivity index (χ3v) is 4.67. The summed E-state index contributed by atoms with van der Waals surface area (Å²) in [5.74, 6) is 1.48. The topological polar surface area (TPSA) is 41.3 Å². The number of hydrogen-bond donors (Lipinski definition) is 1. The predicted molar refractivity (Wildman–Crippen MR) is 93.5 cm³/mol. The molecule has 1 aromatic carbocycles. The summed E-state index contributed by atoms with van der Waals surface area (Å²) in [6, 6.07) is 7.58. The van der Waals surface area contributed by atoms with Crippen molar-refractivity contribution >= 4 is 11.6 Å². The van der Waals surface area contributed by atoms with Gasteiger partial charge in [-0.2, -0.15) is 0 Å². The van der Waals surface area contributed by atoms with Crippen LogP contribution in [0, 0.1) is 5.92 Å². The molecule has 3 rings (SSSR count). The van der Waals surface area contributed by atoms with Crippen LogP contribution in [0.15, 0.2) is 34.9 Å². The van der Waals surface area contributed by atoms with Crippen LogP contribution in [0.25, 0.3) is 11.5 Å². The molecule has 0 saturated carbocycles. The van der Waals surface area contributed by atoms with Gasteiger partial charge in [-0.05, 0) is 69.2 Å². The van der Waals surface area contributed by atoms with Crippen LogP contribution in [0.3, 0.4) is 0 Å². The zero-order chi connectivity index (χ0) is 16.1. The van der Waals surface area contributed by atoms with Gasteiger partial charge in [0.1, 0.15) is 6.26 Å². The smallest absolute Gasteiger partial charge is 0.226 e. The number of piperidine rings is 1. The molecule has 5 heteroatoms. The summed E-state index contributed by atoms with van der Waals surface area (Å²) in [7, 11) is 0. The van der Waals surface area contributed by atoms with Crippen molar-refractivity contribution in [1.82, 2.24) is 15.2 Å². The van der Waals surface area contributed by atoms with E-state index in [1.807, 2.05) is 24.3 Å². The maximum atomic E-state index is 5.91. The van der Waals surface area contributed by atoms with Crippen LogP contribution in [-0.2, 0) is 6.54 Å². The van der Waals surface area contributed by atoms with E-state index in [0.29, 0.717) is 5.89 Å². The molecule has 1 N–H and O–H groups in total. The van der Waals surface area contributed by atoms with Gasteiger partial charge < -0.3 is 9.73 Å². The third kappa shape index (κ3) is 4.56. The fourth-order valence-corrected chi connectivity index (χ4v) is 3.16. The second-order valence-electron chi connectivity index (χ2n) is 6.18. The molecule has 4 nitrogen and oxygen atoms in total. The normalized spacial score (nSPS) is 16.8. The Balaban J connectivity index is 1.53. The number of nitrogens with zero attached hydrogens (tertiary/aromatic N) is 2. The fraction of sp³-hybridized carbons (Fsp3) is 0.500. The van der Waals surface area contributed by atoms with E-state index in [4.69, 9.17) is 16.0 Å². The van der Waals surface area contributed by atoms with Gasteiger partial charge in [0.05, 0.1) is 5.69 Å². The maximum absolute atomic E-state index is 5.91. The summed E-state index contributed by atoms with van der Waals surface area (Å²) < 4.78 is 5.62. The quantitative estimate of drug-likeness (QED) is 0.872. The van der Waals surface area contributed by atoms with Crippen LogP contribution < -0.4 is 5.32 Å². The van der Waals surface area contributed by atoms with Crippen molar-refractivity contribution in [2.45, 2.75) is 26.3 Å². The van der Waals surface area contributed by atoms with Crippen molar-refractivity contribution < 1.29 is 4.42 Å². The van der Waals surface area contributed by atoms with Crippen LogP contribution in [0.4, 0.5) is 0 Å². The number of aromatic nitrogens is 1. The van der Waals surface area contributed by atoms with E-state index >= 15 is 0 Å². The minimum Gasteiger partial charge on any atom is -0.444 e. The molecule has 0 bridgehead atoms. The minimum atomic E-state index is 0.665. The average molecular weight is 334 g/mol. The number of rotatable bonds is 6. The Labute approximate surface area is 142 Å². The van der Waals surface area contributed by atoms with Crippen molar-refractivity contribution in [3.63, 3.8) is 0 Å². The monoisotopic (exact) mass is 333 g/mol. The first-order valence-corrected chi connectivity index (χ1v) is 8.76. The van der Waals surface area contributed by atoms with Crippen molar-refractivity contribution in [2.75, 3.05) is 26.2 Å². The summed E-state index contributed by atoms with van der Waals surface area (Å²) >= 11 is 5.91. The molecule has 1 aliphatic heterocycles. The van der Waals surface area contributed by atoms with Crippen LogP contribution in [0.5, 0.6) is 0 Å². The molecule has 0 aliphatic carbocycles. The first kappa shape index (κ1) is 16.5. The lowest BCUT2D eigenvalue weighted by molar-refractivity contribution is 0.174. The zero-order valence-corrected chi connectivity index (χ0v) is 14.4. The van der Waals surface area contributed by atoms with E-state index in [1.165, 1.54) is 12.8 Å². The van der Waals surface area contributed by atoms with Crippen LogP contribution in [-0.4, -0.2) is 36.1 Å². The van der Waals surface area contributed by atoms with E-state index in [0.717, 1.165) is 54.9 Å². The van der Waals surface area contributed by atoms with Gasteiger partial charge in [-0.1, -0.05) is 18.5 Å². The standard InChI is InChI=1S/C18H24ClN3O/c1-2-20-11-14-7-9-22(10-8-14)12-17-13-23-18(21-17)15-3-5-16(19)6-4-15/h3-6,13-14,20H,2,7-12H2,1H3. The van der Waals surface area contributed by atoms with Crippen LogP contribution in [0.1, 0.15) is 25.5 Å². The number of nitrogens with one attached hydrogen (secondary N) is 1. The molecular weight excluding hydrogens is 310 g/mol. The molecule has 124 valence electrons. The lowest BCUT2D eigenvalue weighted by Crippen LogP contribution is -2.36. The Hall–Kier alpha value is -1.36. The molecule has 0 amide bonds. The summed E-state index contributed by atoms with van der Waals surface area (Å²) in [5, 5.41) is 4.18. The van der Waals surface area contributed by atoms with E-state index < -0.39 is 0 Å². The van der Waals surface area contributed by atoms with Crippen LogP contribution in [0.2, 0.25) is 5.02 Å². The number of benzene rings is 1. The average Bonchev–Trinajstić information content (AvgIpc) is 3.03. The van der Waals surface area contributed by atoms with Gasteiger partial charge in [-0.15, -0.1) is 0 Å². The number of hydrogen-bond acceptors (Lipinski definition) is 4. The molecule has 2 aromatic rings. The van der Waals surface area contributed by atoms with Gasteiger partial charge in [0, 0.05) is 17.1 Å². The summed E-state index contributed by atoms with van der Waals surface area (Å²) in [6.45, 7) is 7.52. The summed E-state index contributed by atoms with van der Waals surface area (Å²) in [5.41, 5.74) is 1.96. The molecule has 0 unspecified atom stereocenters. The molecule has 0 atom stereocenters. The summed E-state index contributed by atoms with van der Waals surface area (Å²) in [6.07, 6.45) is 4.29. The van der Waals surface area contributed by atoms with Gasteiger partial charge >= 0.3 is 0 Å². The second-order valence-corrected chi connectivity index (χ2v) is 6.61. The van der Waals surface area contributed by atoms with E-state index in [1.54, 1.807) is 6.26 Å². The molecule has 1 aliphatic rings. The molecule has 1 fully saturated rings. The van der Waals surface area contributed by atoms with E-state index in [9.17, 15) is 0 Å². The van der Waals surface area contributed by atoms with E-state index in [2.05, 4.69) is 22.1 Å². The lowest BCUT2D eigenvalue weighted by atomic mass is 9.97. The third-order valence-electron chi connectivity index (χ3n) is 4.42.